The number of rotatable bonds is 7. The van der Waals surface area contributed by atoms with E-state index in [2.05, 4.69) is 0 Å². The summed E-state index contributed by atoms with van der Waals surface area (Å²) in [7, 11) is 0. The summed E-state index contributed by atoms with van der Waals surface area (Å²) in [6, 6.07) is 17.1. The lowest BCUT2D eigenvalue weighted by molar-refractivity contribution is -0.137. The summed E-state index contributed by atoms with van der Waals surface area (Å²) in [5.41, 5.74) is 4.45. The zero-order valence-corrected chi connectivity index (χ0v) is 23.9. The highest BCUT2D eigenvalue weighted by Crippen LogP contribution is 2.52. The second-order valence-electron chi connectivity index (χ2n) is 10.7. The van der Waals surface area contributed by atoms with Gasteiger partial charge in [-0.25, -0.2) is 0 Å². The molecular weight excluding hydrogens is 561 g/mol. The van der Waals surface area contributed by atoms with Gasteiger partial charge in [0.1, 0.15) is 12.4 Å². The van der Waals surface area contributed by atoms with Gasteiger partial charge >= 0.3 is 5.97 Å². The van der Waals surface area contributed by atoms with Crippen molar-refractivity contribution in [1.82, 2.24) is 4.90 Å². The molecule has 0 atom stereocenters. The molecule has 1 aliphatic heterocycles. The van der Waals surface area contributed by atoms with E-state index < -0.39 is 11.9 Å². The van der Waals surface area contributed by atoms with Crippen LogP contribution in [0.25, 0.3) is 10.8 Å². The molecule has 3 aromatic rings. The van der Waals surface area contributed by atoms with Crippen LogP contribution in [0.5, 0.6) is 5.75 Å². The fraction of sp³-hybridized carbons (Fsp3) is 0.303. The number of ether oxygens (including phenoxy) is 1. The van der Waals surface area contributed by atoms with Crippen LogP contribution in [-0.4, -0.2) is 34.1 Å². The van der Waals surface area contributed by atoms with Crippen LogP contribution in [0.1, 0.15) is 62.0 Å². The Hall–Kier alpha value is -3.61. The lowest BCUT2D eigenvalue weighted by Crippen LogP contribution is -2.40. The second-order valence-corrected chi connectivity index (χ2v) is 11.6. The van der Waals surface area contributed by atoms with E-state index in [4.69, 9.17) is 27.9 Å². The third kappa shape index (κ3) is 5.15. The molecule has 0 unspecified atom stereocenters. The van der Waals surface area contributed by atoms with Crippen molar-refractivity contribution in [2.45, 2.75) is 57.5 Å². The van der Waals surface area contributed by atoms with Crippen molar-refractivity contribution in [3.63, 3.8) is 0 Å². The molecule has 8 heteroatoms. The van der Waals surface area contributed by atoms with Crippen molar-refractivity contribution in [2.24, 2.45) is 0 Å². The molecule has 0 saturated heterocycles. The molecule has 0 fully saturated rings. The van der Waals surface area contributed by atoms with Crippen molar-refractivity contribution < 1.29 is 24.2 Å². The third-order valence-electron chi connectivity index (χ3n) is 8.25. The van der Waals surface area contributed by atoms with Crippen LogP contribution in [0, 0.1) is 0 Å². The average molecular weight is 591 g/mol. The number of Topliss-reactive ketones (excluding diaryl/α,β-unsaturated/α-hetero) is 2. The average Bonchev–Trinajstić information content (AvgIpc) is 2.95. The van der Waals surface area contributed by atoms with Gasteiger partial charge in [-0.05, 0) is 54.7 Å². The van der Waals surface area contributed by atoms with Gasteiger partial charge in [0.15, 0.2) is 11.6 Å². The number of carboxylic acid groups (broad SMARTS) is 1. The van der Waals surface area contributed by atoms with Gasteiger partial charge < -0.3 is 14.7 Å². The predicted molar refractivity (Wildman–Crippen MR) is 158 cm³/mol. The highest BCUT2D eigenvalue weighted by Gasteiger charge is 2.44. The van der Waals surface area contributed by atoms with Crippen LogP contribution >= 0.6 is 23.2 Å². The molecule has 1 heterocycles. The Balaban J connectivity index is 1.56. The monoisotopic (exact) mass is 589 g/mol. The molecule has 6 nitrogen and oxygen atoms in total. The van der Waals surface area contributed by atoms with E-state index >= 15 is 0 Å². The van der Waals surface area contributed by atoms with E-state index in [1.165, 1.54) is 0 Å². The van der Waals surface area contributed by atoms with Gasteiger partial charge in [0, 0.05) is 69.0 Å². The number of carbonyl (C=O) groups is 3. The van der Waals surface area contributed by atoms with E-state index in [1.54, 1.807) is 12.1 Å². The Bertz CT molecular complexity index is 1610. The van der Waals surface area contributed by atoms with Crippen molar-refractivity contribution in [3.8, 4) is 5.75 Å². The second kappa shape index (κ2) is 11.3. The van der Waals surface area contributed by atoms with Crippen molar-refractivity contribution in [1.29, 1.82) is 0 Å². The van der Waals surface area contributed by atoms with Crippen molar-refractivity contribution in [3.05, 3.63) is 98.3 Å². The minimum absolute atomic E-state index is 0.00104. The topological polar surface area (TPSA) is 83.9 Å². The summed E-state index contributed by atoms with van der Waals surface area (Å²) in [5.74, 6) is -0.925. The molecule has 6 rings (SSSR count). The fourth-order valence-electron chi connectivity index (χ4n) is 6.48. The molecule has 2 aliphatic carbocycles. The zero-order valence-electron chi connectivity index (χ0n) is 22.4. The van der Waals surface area contributed by atoms with Crippen LogP contribution in [0.3, 0.4) is 0 Å². The molecule has 0 saturated carbocycles. The van der Waals surface area contributed by atoms with Gasteiger partial charge in [-0.2, -0.15) is 0 Å². The molecule has 0 amide bonds. The maximum absolute atomic E-state index is 13.8. The minimum atomic E-state index is -0.911. The lowest BCUT2D eigenvalue weighted by Gasteiger charge is -2.44. The Kier molecular flexibility index (Phi) is 7.62. The first-order valence-corrected chi connectivity index (χ1v) is 14.7. The molecule has 0 radical (unpaired) electrons. The number of nitrogens with zero attached hydrogens (tertiary/aromatic N) is 1. The molecule has 0 aromatic heterocycles. The molecular formula is C33H29Cl2NO5. The Labute approximate surface area is 248 Å². The number of benzene rings is 3. The van der Waals surface area contributed by atoms with Crippen LogP contribution in [0.15, 0.2) is 77.1 Å². The predicted octanol–water partition coefficient (Wildman–Crippen LogP) is 7.61. The van der Waals surface area contributed by atoms with E-state index in [1.807, 2.05) is 47.4 Å². The van der Waals surface area contributed by atoms with Gasteiger partial charge in [-0.15, -0.1) is 0 Å². The van der Waals surface area contributed by atoms with E-state index in [0.29, 0.717) is 65.5 Å². The van der Waals surface area contributed by atoms with E-state index in [9.17, 15) is 19.5 Å². The number of aliphatic carboxylic acids is 1. The quantitative estimate of drug-likeness (QED) is 0.305. The fourth-order valence-corrected chi connectivity index (χ4v) is 6.94. The number of carboxylic acids is 1. The molecule has 0 bridgehead atoms. The van der Waals surface area contributed by atoms with Crippen LogP contribution in [-0.2, 0) is 21.0 Å². The lowest BCUT2D eigenvalue weighted by atomic mass is 9.70. The SMILES string of the molecule is O=C(O)CCN1C2=C(C(=O)CCC2)C(c2c(OCc3ccc(Cl)cc3Cl)ccc3ccccc23)C2=C1CCCC2=O. The molecule has 210 valence electrons. The van der Waals surface area contributed by atoms with Gasteiger partial charge in [0.2, 0.25) is 0 Å². The van der Waals surface area contributed by atoms with E-state index in [0.717, 1.165) is 33.3 Å². The van der Waals surface area contributed by atoms with Gasteiger partial charge in [-0.1, -0.05) is 59.6 Å². The molecule has 3 aromatic carbocycles. The minimum Gasteiger partial charge on any atom is -0.489 e. The van der Waals surface area contributed by atoms with Crippen molar-refractivity contribution in [2.75, 3.05) is 6.54 Å². The first kappa shape index (κ1) is 27.6. The third-order valence-corrected chi connectivity index (χ3v) is 8.84. The first-order valence-electron chi connectivity index (χ1n) is 13.9. The zero-order chi connectivity index (χ0) is 28.7. The summed E-state index contributed by atoms with van der Waals surface area (Å²) in [4.78, 5) is 41.1. The molecule has 3 aliphatic rings. The maximum atomic E-state index is 13.8. The number of halogens is 2. The van der Waals surface area contributed by atoms with Crippen molar-refractivity contribution >= 4 is 51.5 Å². The Morgan fingerprint density at radius 2 is 1.59 bits per heavy atom. The first-order chi connectivity index (χ1) is 19.8. The summed E-state index contributed by atoms with van der Waals surface area (Å²) in [6.45, 7) is 0.409. The summed E-state index contributed by atoms with van der Waals surface area (Å²) >= 11 is 12.6. The van der Waals surface area contributed by atoms with E-state index in [-0.39, 0.29) is 31.1 Å². The number of hydrogen-bond donors (Lipinski definition) is 1. The smallest absolute Gasteiger partial charge is 0.305 e. The normalized spacial score (nSPS) is 17.7. The Morgan fingerprint density at radius 1 is 0.902 bits per heavy atom. The highest BCUT2D eigenvalue weighted by atomic mass is 35.5. The van der Waals surface area contributed by atoms with Gasteiger partial charge in [0.05, 0.1) is 6.42 Å². The van der Waals surface area contributed by atoms with Gasteiger partial charge in [-0.3, -0.25) is 14.4 Å². The molecule has 1 N–H and O–H groups in total. The number of ketones is 2. The van der Waals surface area contributed by atoms with Gasteiger partial charge in [0.25, 0.3) is 0 Å². The number of carbonyl (C=O) groups excluding carboxylic acids is 2. The standard InChI is InChI=1S/C33H29Cl2NO5/c34-21-13-11-20(23(35)17-21)18-41-28-14-12-19-5-1-2-6-22(19)30(28)33-31-24(7-3-9-26(31)37)36(16-15-29(39)40)25-8-4-10-27(38)32(25)33/h1-2,5-6,11-14,17,33H,3-4,7-10,15-16,18H2,(H,39,40). The van der Waals surface area contributed by atoms with Crippen LogP contribution < -0.4 is 4.74 Å². The largest absolute Gasteiger partial charge is 0.489 e. The number of hydrogen-bond acceptors (Lipinski definition) is 5. The number of allylic oxidation sites excluding steroid dienone is 4. The summed E-state index contributed by atoms with van der Waals surface area (Å²) in [5, 5.41) is 12.4. The summed E-state index contributed by atoms with van der Waals surface area (Å²) in [6.07, 6.45) is 3.40. The molecule has 0 spiro atoms. The van der Waals surface area contributed by atoms with Crippen LogP contribution in [0.2, 0.25) is 10.0 Å². The highest BCUT2D eigenvalue weighted by molar-refractivity contribution is 6.35. The van der Waals surface area contributed by atoms with Crippen LogP contribution in [0.4, 0.5) is 0 Å². The Morgan fingerprint density at radius 3 is 2.24 bits per heavy atom. The summed E-state index contributed by atoms with van der Waals surface area (Å²) < 4.78 is 6.45. The number of fused-ring (bicyclic) bond motifs is 1. The maximum Gasteiger partial charge on any atom is 0.305 e. The molecule has 41 heavy (non-hydrogen) atoms.